The van der Waals surface area contributed by atoms with Crippen LogP contribution in [0.25, 0.3) is 6.08 Å². The van der Waals surface area contributed by atoms with Crippen molar-refractivity contribution in [2.45, 2.75) is 19.9 Å². The lowest BCUT2D eigenvalue weighted by molar-refractivity contribution is -0.139. The fourth-order valence-corrected chi connectivity index (χ4v) is 5.37. The Morgan fingerprint density at radius 3 is 2.78 bits per heavy atom. The molecule has 0 saturated heterocycles. The number of hydrogen-bond donors (Lipinski definition) is 1. The molecule has 0 spiro atoms. The SMILES string of the molecule is CCOC(=O)C1=C(C)N=c2s/c(=C\c3ccc(O)c(I)c3)c(=O)n2[C@@H]1c1ccccc1Cl. The van der Waals surface area contributed by atoms with E-state index in [1.54, 1.807) is 56.3 Å². The van der Waals surface area contributed by atoms with Crippen molar-refractivity contribution < 1.29 is 14.6 Å². The number of phenolic OH excluding ortho intramolecular Hbond substituents is 1. The topological polar surface area (TPSA) is 80.9 Å². The first-order chi connectivity index (χ1) is 15.3. The summed E-state index contributed by atoms with van der Waals surface area (Å²) < 4.78 is 7.92. The summed E-state index contributed by atoms with van der Waals surface area (Å²) in [5, 5.41) is 10.2. The Hall–Kier alpha value is -2.43. The molecule has 0 radical (unpaired) electrons. The molecule has 0 unspecified atom stereocenters. The zero-order chi connectivity index (χ0) is 23.0. The molecule has 1 N–H and O–H groups in total. The van der Waals surface area contributed by atoms with Crippen molar-refractivity contribution in [3.63, 3.8) is 0 Å². The van der Waals surface area contributed by atoms with Gasteiger partial charge in [0.1, 0.15) is 11.8 Å². The van der Waals surface area contributed by atoms with Crippen LogP contribution in [0.4, 0.5) is 0 Å². The lowest BCUT2D eigenvalue weighted by Gasteiger charge is -2.25. The van der Waals surface area contributed by atoms with E-state index in [4.69, 9.17) is 16.3 Å². The third kappa shape index (κ3) is 4.14. The Morgan fingerprint density at radius 2 is 2.09 bits per heavy atom. The van der Waals surface area contributed by atoms with Gasteiger partial charge in [0.05, 0.1) is 26.0 Å². The van der Waals surface area contributed by atoms with Crippen LogP contribution >= 0.6 is 45.5 Å². The maximum Gasteiger partial charge on any atom is 0.338 e. The molecule has 0 fully saturated rings. The maximum atomic E-state index is 13.5. The van der Waals surface area contributed by atoms with Crippen molar-refractivity contribution in [2.75, 3.05) is 6.61 Å². The Bertz CT molecular complexity index is 1440. The molecule has 2 aromatic carbocycles. The first-order valence-electron chi connectivity index (χ1n) is 9.74. The van der Waals surface area contributed by atoms with Crippen molar-refractivity contribution in [2.24, 2.45) is 4.99 Å². The molecule has 32 heavy (non-hydrogen) atoms. The van der Waals surface area contributed by atoms with Crippen LogP contribution in [0, 0.1) is 3.57 Å². The molecular weight excluding hydrogens is 563 g/mol. The summed E-state index contributed by atoms with van der Waals surface area (Å²) in [7, 11) is 0. The number of carbonyl (C=O) groups excluding carboxylic acids is 1. The van der Waals surface area contributed by atoms with Crippen LogP contribution in [0.1, 0.15) is 31.0 Å². The lowest BCUT2D eigenvalue weighted by Crippen LogP contribution is -2.40. The Morgan fingerprint density at radius 1 is 1.34 bits per heavy atom. The van der Waals surface area contributed by atoms with Crippen molar-refractivity contribution in [3.05, 3.63) is 93.1 Å². The summed E-state index contributed by atoms with van der Waals surface area (Å²) in [6.07, 6.45) is 1.75. The summed E-state index contributed by atoms with van der Waals surface area (Å²) in [5.41, 5.74) is 1.89. The minimum atomic E-state index is -0.749. The van der Waals surface area contributed by atoms with Crippen LogP contribution in [-0.2, 0) is 9.53 Å². The van der Waals surface area contributed by atoms with E-state index in [1.807, 2.05) is 28.7 Å². The second-order valence-electron chi connectivity index (χ2n) is 7.03. The first kappa shape index (κ1) is 22.8. The first-order valence-corrected chi connectivity index (χ1v) is 12.0. The molecule has 0 bridgehead atoms. The molecule has 4 rings (SSSR count). The second-order valence-corrected chi connectivity index (χ2v) is 9.61. The van der Waals surface area contributed by atoms with E-state index in [1.165, 1.54) is 15.9 Å². The number of ether oxygens (including phenoxy) is 1. The number of aromatic nitrogens is 1. The summed E-state index contributed by atoms with van der Waals surface area (Å²) in [6.45, 7) is 3.66. The van der Waals surface area contributed by atoms with Crippen LogP contribution in [0.5, 0.6) is 5.75 Å². The zero-order valence-electron chi connectivity index (χ0n) is 17.1. The number of carbonyl (C=O) groups is 1. The maximum absolute atomic E-state index is 13.5. The van der Waals surface area contributed by atoms with Gasteiger partial charge in [0.15, 0.2) is 4.80 Å². The van der Waals surface area contributed by atoms with Gasteiger partial charge in [0.25, 0.3) is 5.56 Å². The zero-order valence-corrected chi connectivity index (χ0v) is 20.9. The van der Waals surface area contributed by atoms with E-state index >= 15 is 0 Å². The molecule has 1 atom stereocenters. The van der Waals surface area contributed by atoms with E-state index in [0.717, 1.165) is 5.56 Å². The Balaban J connectivity index is 1.98. The number of fused-ring (bicyclic) bond motifs is 1. The van der Waals surface area contributed by atoms with Crippen LogP contribution in [0.2, 0.25) is 5.02 Å². The fourth-order valence-electron chi connectivity index (χ4n) is 3.55. The molecule has 9 heteroatoms. The molecule has 6 nitrogen and oxygen atoms in total. The van der Waals surface area contributed by atoms with Crippen molar-refractivity contribution in [3.8, 4) is 5.75 Å². The van der Waals surface area contributed by atoms with Gasteiger partial charge in [-0.3, -0.25) is 9.36 Å². The average Bonchev–Trinajstić information content (AvgIpc) is 3.05. The molecule has 2 heterocycles. The highest BCUT2D eigenvalue weighted by Gasteiger charge is 2.34. The smallest absolute Gasteiger partial charge is 0.338 e. The molecule has 0 amide bonds. The van der Waals surface area contributed by atoms with Gasteiger partial charge in [0, 0.05) is 5.02 Å². The third-order valence-corrected chi connectivity index (χ3v) is 7.18. The minimum absolute atomic E-state index is 0.178. The van der Waals surface area contributed by atoms with Gasteiger partial charge < -0.3 is 9.84 Å². The average molecular weight is 581 g/mol. The number of nitrogens with zero attached hydrogens (tertiary/aromatic N) is 2. The van der Waals surface area contributed by atoms with Crippen molar-refractivity contribution >= 4 is 57.6 Å². The van der Waals surface area contributed by atoms with Crippen LogP contribution in [-0.4, -0.2) is 22.2 Å². The largest absolute Gasteiger partial charge is 0.507 e. The number of halogens is 2. The summed E-state index contributed by atoms with van der Waals surface area (Å²) in [6, 6.07) is 11.5. The molecular formula is C23H18ClIN2O4S. The van der Waals surface area contributed by atoms with E-state index in [9.17, 15) is 14.7 Å². The van der Waals surface area contributed by atoms with Crippen LogP contribution < -0.4 is 14.9 Å². The molecule has 1 aliphatic heterocycles. The van der Waals surface area contributed by atoms with Gasteiger partial charge in [-0.05, 0) is 71.8 Å². The number of esters is 1. The number of rotatable bonds is 4. The second kappa shape index (κ2) is 9.21. The molecule has 1 aromatic heterocycles. The lowest BCUT2D eigenvalue weighted by atomic mass is 9.96. The van der Waals surface area contributed by atoms with E-state index in [-0.39, 0.29) is 23.5 Å². The number of phenols is 1. The highest BCUT2D eigenvalue weighted by molar-refractivity contribution is 14.1. The van der Waals surface area contributed by atoms with E-state index < -0.39 is 12.0 Å². The predicted molar refractivity (Wildman–Crippen MR) is 133 cm³/mol. The van der Waals surface area contributed by atoms with Gasteiger partial charge in [-0.25, -0.2) is 9.79 Å². The van der Waals surface area contributed by atoms with E-state index in [0.29, 0.717) is 29.2 Å². The van der Waals surface area contributed by atoms with Crippen LogP contribution in [0.3, 0.4) is 0 Å². The van der Waals surface area contributed by atoms with Crippen molar-refractivity contribution in [1.82, 2.24) is 4.57 Å². The number of thiazole rings is 1. The summed E-state index contributed by atoms with van der Waals surface area (Å²) in [5.74, 6) is -0.348. The van der Waals surface area contributed by atoms with E-state index in [2.05, 4.69) is 4.99 Å². The number of benzene rings is 2. The van der Waals surface area contributed by atoms with Crippen LogP contribution in [0.15, 0.2) is 63.5 Å². The third-order valence-electron chi connectivity index (χ3n) is 4.99. The Labute approximate surface area is 206 Å². The molecule has 0 aliphatic carbocycles. The fraction of sp³-hybridized carbons (Fsp3) is 0.174. The summed E-state index contributed by atoms with van der Waals surface area (Å²) >= 11 is 9.76. The highest BCUT2D eigenvalue weighted by atomic mass is 127. The normalized spacial score (nSPS) is 16.0. The molecule has 0 saturated carbocycles. The summed E-state index contributed by atoms with van der Waals surface area (Å²) in [4.78, 5) is 31.4. The molecule has 3 aromatic rings. The van der Waals surface area contributed by atoms with Gasteiger partial charge in [0.2, 0.25) is 0 Å². The number of hydrogen-bond acceptors (Lipinski definition) is 6. The Kier molecular flexibility index (Phi) is 6.55. The predicted octanol–water partition coefficient (Wildman–Crippen LogP) is 3.76. The van der Waals surface area contributed by atoms with Gasteiger partial charge in [-0.15, -0.1) is 0 Å². The van der Waals surface area contributed by atoms with Crippen molar-refractivity contribution in [1.29, 1.82) is 0 Å². The van der Waals surface area contributed by atoms with Gasteiger partial charge in [-0.2, -0.15) is 0 Å². The number of allylic oxidation sites excluding steroid dienone is 1. The minimum Gasteiger partial charge on any atom is -0.507 e. The highest BCUT2D eigenvalue weighted by Crippen LogP contribution is 2.34. The number of aromatic hydroxyl groups is 1. The quantitative estimate of drug-likeness (QED) is 0.377. The molecule has 164 valence electrons. The standard InChI is InChI=1S/C23H18ClIN2O4S/c1-3-31-22(30)19-12(2)26-23-27(20(19)14-6-4-5-7-15(14)24)21(29)18(32-23)11-13-8-9-17(28)16(25)10-13/h4-11,20,28H,3H2,1-2H3/b18-11-/t20-/m1/s1. The monoisotopic (exact) mass is 580 g/mol. The molecule has 1 aliphatic rings. The van der Waals surface area contributed by atoms with Gasteiger partial charge >= 0.3 is 5.97 Å². The van der Waals surface area contributed by atoms with Gasteiger partial charge in [-0.1, -0.05) is 47.2 Å².